The largest absolute Gasteiger partial charge is 0.505 e. The van der Waals surface area contributed by atoms with Crippen LogP contribution >= 0.6 is 0 Å². The summed E-state index contributed by atoms with van der Waals surface area (Å²) < 4.78 is 1.60. The predicted octanol–water partition coefficient (Wildman–Crippen LogP) is 2.09. The molecule has 1 fully saturated rings. The van der Waals surface area contributed by atoms with Gasteiger partial charge in [0.15, 0.2) is 5.69 Å². The number of aromatic nitrogens is 1. The second-order valence-corrected chi connectivity index (χ2v) is 4.15. The SMILES string of the molecule is Cn1c(C2CCCC2)cc(O)c1C(=O)O. The lowest BCUT2D eigenvalue weighted by Crippen LogP contribution is -2.08. The number of rotatable bonds is 2. The summed E-state index contributed by atoms with van der Waals surface area (Å²) in [5, 5.41) is 18.5. The summed E-state index contributed by atoms with van der Waals surface area (Å²) in [6, 6.07) is 1.60. The first-order chi connectivity index (χ1) is 7.11. The number of carboxylic acid groups (broad SMARTS) is 1. The average molecular weight is 209 g/mol. The fourth-order valence-electron chi connectivity index (χ4n) is 2.47. The van der Waals surface area contributed by atoms with Crippen LogP contribution in [0.1, 0.15) is 47.8 Å². The molecule has 0 aromatic carbocycles. The van der Waals surface area contributed by atoms with Gasteiger partial charge in [-0.3, -0.25) is 0 Å². The first-order valence-electron chi connectivity index (χ1n) is 5.23. The molecule has 2 N–H and O–H groups in total. The van der Waals surface area contributed by atoms with Crippen LogP contribution in [0.4, 0.5) is 0 Å². The van der Waals surface area contributed by atoms with Crippen LogP contribution in [0, 0.1) is 0 Å². The van der Waals surface area contributed by atoms with E-state index in [0.717, 1.165) is 18.5 Å². The van der Waals surface area contributed by atoms with E-state index in [1.165, 1.54) is 12.8 Å². The summed E-state index contributed by atoms with van der Waals surface area (Å²) in [6.07, 6.45) is 4.57. The number of aromatic carboxylic acids is 1. The molecule has 0 unspecified atom stereocenters. The zero-order valence-electron chi connectivity index (χ0n) is 8.73. The Balaban J connectivity index is 2.40. The molecule has 2 rings (SSSR count). The highest BCUT2D eigenvalue weighted by Crippen LogP contribution is 2.37. The molecule has 15 heavy (non-hydrogen) atoms. The Labute approximate surface area is 88.1 Å². The lowest BCUT2D eigenvalue weighted by atomic mass is 10.0. The van der Waals surface area contributed by atoms with Crippen LogP contribution in [0.25, 0.3) is 0 Å². The number of carboxylic acids is 1. The Morgan fingerprint density at radius 1 is 1.47 bits per heavy atom. The number of nitrogens with zero attached hydrogens (tertiary/aromatic N) is 1. The quantitative estimate of drug-likeness (QED) is 0.783. The number of carbonyl (C=O) groups is 1. The van der Waals surface area contributed by atoms with Gasteiger partial charge in [0.05, 0.1) is 0 Å². The number of hydrogen-bond acceptors (Lipinski definition) is 2. The Morgan fingerprint density at radius 3 is 2.53 bits per heavy atom. The van der Waals surface area contributed by atoms with Crippen LogP contribution in [0.2, 0.25) is 0 Å². The summed E-state index contributed by atoms with van der Waals surface area (Å²) in [4.78, 5) is 10.9. The Bertz CT molecular complexity index is 389. The maximum Gasteiger partial charge on any atom is 0.356 e. The van der Waals surface area contributed by atoms with E-state index < -0.39 is 5.97 Å². The van der Waals surface area contributed by atoms with Crippen molar-refractivity contribution in [2.75, 3.05) is 0 Å². The molecule has 0 spiro atoms. The van der Waals surface area contributed by atoms with Crippen LogP contribution in [0.3, 0.4) is 0 Å². The maximum atomic E-state index is 10.9. The molecule has 0 amide bonds. The normalized spacial score (nSPS) is 17.1. The van der Waals surface area contributed by atoms with E-state index in [1.54, 1.807) is 17.7 Å². The minimum Gasteiger partial charge on any atom is -0.505 e. The first-order valence-corrected chi connectivity index (χ1v) is 5.23. The van der Waals surface area contributed by atoms with Crippen molar-refractivity contribution in [3.05, 3.63) is 17.5 Å². The predicted molar refractivity (Wildman–Crippen MR) is 55.2 cm³/mol. The van der Waals surface area contributed by atoms with Crippen LogP contribution < -0.4 is 0 Å². The second kappa shape index (κ2) is 3.61. The molecule has 0 saturated heterocycles. The summed E-state index contributed by atoms with van der Waals surface area (Å²) in [6.45, 7) is 0. The van der Waals surface area contributed by atoms with E-state index in [-0.39, 0.29) is 11.4 Å². The van der Waals surface area contributed by atoms with Gasteiger partial charge >= 0.3 is 5.97 Å². The van der Waals surface area contributed by atoms with Crippen molar-refractivity contribution in [2.45, 2.75) is 31.6 Å². The highest BCUT2D eigenvalue weighted by molar-refractivity contribution is 5.89. The summed E-state index contributed by atoms with van der Waals surface area (Å²) in [5.41, 5.74) is 0.944. The Kier molecular flexibility index (Phi) is 2.42. The highest BCUT2D eigenvalue weighted by atomic mass is 16.4. The zero-order chi connectivity index (χ0) is 11.0. The van der Waals surface area contributed by atoms with Gasteiger partial charge < -0.3 is 14.8 Å². The molecule has 0 bridgehead atoms. The number of aromatic hydroxyl groups is 1. The van der Waals surface area contributed by atoms with Gasteiger partial charge in [0.1, 0.15) is 5.75 Å². The van der Waals surface area contributed by atoms with Crippen molar-refractivity contribution >= 4 is 5.97 Å². The van der Waals surface area contributed by atoms with Gasteiger partial charge in [-0.2, -0.15) is 0 Å². The van der Waals surface area contributed by atoms with Gasteiger partial charge in [0.2, 0.25) is 0 Å². The lowest BCUT2D eigenvalue weighted by Gasteiger charge is -2.10. The molecule has 1 aliphatic rings. The molecule has 82 valence electrons. The highest BCUT2D eigenvalue weighted by Gasteiger charge is 2.25. The number of hydrogen-bond donors (Lipinski definition) is 2. The topological polar surface area (TPSA) is 62.5 Å². The van der Waals surface area contributed by atoms with Crippen molar-refractivity contribution < 1.29 is 15.0 Å². The van der Waals surface area contributed by atoms with Crippen molar-refractivity contribution in [2.24, 2.45) is 7.05 Å². The summed E-state index contributed by atoms with van der Waals surface area (Å²) in [5.74, 6) is -0.778. The summed E-state index contributed by atoms with van der Waals surface area (Å²) in [7, 11) is 1.71. The van der Waals surface area contributed by atoms with Gasteiger partial charge in [-0.1, -0.05) is 12.8 Å². The zero-order valence-corrected chi connectivity index (χ0v) is 8.73. The van der Waals surface area contributed by atoms with Crippen molar-refractivity contribution in [3.8, 4) is 5.75 Å². The lowest BCUT2D eigenvalue weighted by molar-refractivity contribution is 0.0682. The van der Waals surface area contributed by atoms with Gasteiger partial charge in [0.25, 0.3) is 0 Å². The van der Waals surface area contributed by atoms with Crippen LogP contribution in [0.5, 0.6) is 5.75 Å². The van der Waals surface area contributed by atoms with E-state index >= 15 is 0 Å². The molecular weight excluding hydrogens is 194 g/mol. The third-order valence-corrected chi connectivity index (χ3v) is 3.23. The van der Waals surface area contributed by atoms with Crippen LogP contribution in [0.15, 0.2) is 6.07 Å². The molecular formula is C11H15NO3. The molecule has 1 aliphatic carbocycles. The van der Waals surface area contributed by atoms with E-state index in [2.05, 4.69) is 0 Å². The fourth-order valence-corrected chi connectivity index (χ4v) is 2.47. The molecule has 4 nitrogen and oxygen atoms in total. The molecule has 1 aromatic rings. The smallest absolute Gasteiger partial charge is 0.356 e. The molecule has 0 aliphatic heterocycles. The maximum absolute atomic E-state index is 10.9. The summed E-state index contributed by atoms with van der Waals surface area (Å²) >= 11 is 0. The van der Waals surface area contributed by atoms with E-state index in [4.69, 9.17) is 5.11 Å². The molecule has 0 atom stereocenters. The van der Waals surface area contributed by atoms with Gasteiger partial charge in [-0.05, 0) is 18.8 Å². The van der Waals surface area contributed by atoms with E-state index in [1.807, 2.05) is 0 Å². The van der Waals surface area contributed by atoms with Crippen LogP contribution in [-0.2, 0) is 7.05 Å². The third-order valence-electron chi connectivity index (χ3n) is 3.23. The van der Waals surface area contributed by atoms with E-state index in [9.17, 15) is 9.90 Å². The minimum absolute atomic E-state index is 0.00287. The fraction of sp³-hybridized carbons (Fsp3) is 0.545. The van der Waals surface area contributed by atoms with Crippen molar-refractivity contribution in [3.63, 3.8) is 0 Å². The second-order valence-electron chi connectivity index (χ2n) is 4.15. The molecule has 0 radical (unpaired) electrons. The van der Waals surface area contributed by atoms with Gasteiger partial charge in [0, 0.05) is 18.8 Å². The Morgan fingerprint density at radius 2 is 2.07 bits per heavy atom. The van der Waals surface area contributed by atoms with Gasteiger partial charge in [-0.25, -0.2) is 4.79 Å². The molecule has 1 saturated carbocycles. The standard InChI is InChI=1S/C11H15NO3/c1-12-8(7-4-2-3-5-7)6-9(13)10(12)11(14)15/h6-7,13H,2-5H2,1H3,(H,14,15). The first kappa shape index (κ1) is 10.1. The molecule has 1 heterocycles. The minimum atomic E-state index is -1.07. The average Bonchev–Trinajstić information content (AvgIpc) is 2.72. The molecule has 1 aromatic heterocycles. The molecule has 4 heteroatoms. The van der Waals surface area contributed by atoms with E-state index in [0.29, 0.717) is 5.92 Å². The van der Waals surface area contributed by atoms with Crippen LogP contribution in [-0.4, -0.2) is 20.7 Å². The van der Waals surface area contributed by atoms with Crippen molar-refractivity contribution in [1.29, 1.82) is 0 Å². The van der Waals surface area contributed by atoms with Crippen molar-refractivity contribution in [1.82, 2.24) is 4.57 Å². The van der Waals surface area contributed by atoms with Gasteiger partial charge in [-0.15, -0.1) is 0 Å². The Hall–Kier alpha value is -1.45. The monoisotopic (exact) mass is 209 g/mol. The third kappa shape index (κ3) is 1.60.